The molecular formula is C32H22BrN3O3. The van der Waals surface area contributed by atoms with E-state index in [-0.39, 0.29) is 17.5 Å². The highest BCUT2D eigenvalue weighted by atomic mass is 79.9. The van der Waals surface area contributed by atoms with Gasteiger partial charge in [0.25, 0.3) is 0 Å². The van der Waals surface area contributed by atoms with E-state index in [0.29, 0.717) is 22.4 Å². The van der Waals surface area contributed by atoms with Crippen molar-refractivity contribution in [2.45, 2.75) is 17.5 Å². The van der Waals surface area contributed by atoms with Gasteiger partial charge in [0.1, 0.15) is 11.5 Å². The Kier molecular flexibility index (Phi) is 5.39. The van der Waals surface area contributed by atoms with Crippen LogP contribution >= 0.6 is 15.9 Å². The number of pyridine rings is 1. The number of rotatable bonds is 4. The van der Waals surface area contributed by atoms with Gasteiger partial charge in [0.15, 0.2) is 11.6 Å². The number of carbonyl (C=O) groups excluding carboxylic acids is 3. The fourth-order valence-electron chi connectivity index (χ4n) is 6.60. The van der Waals surface area contributed by atoms with Crippen LogP contribution in [-0.4, -0.2) is 34.5 Å². The lowest BCUT2D eigenvalue weighted by Crippen LogP contribution is -2.55. The third-order valence-electron chi connectivity index (χ3n) is 8.15. The number of Topliss-reactive ketones (excluding diaryl/α,β-unsaturated/α-hetero) is 2. The van der Waals surface area contributed by atoms with Crippen LogP contribution in [0.4, 0.5) is 11.4 Å². The van der Waals surface area contributed by atoms with Crippen LogP contribution in [0.1, 0.15) is 31.8 Å². The van der Waals surface area contributed by atoms with Gasteiger partial charge in [-0.25, -0.2) is 0 Å². The summed E-state index contributed by atoms with van der Waals surface area (Å²) in [5.74, 6) is -1.66. The number of nitrogens with zero attached hydrogens (tertiary/aromatic N) is 2. The van der Waals surface area contributed by atoms with Crippen LogP contribution in [-0.2, 0) is 10.2 Å². The van der Waals surface area contributed by atoms with Crippen LogP contribution in [0.5, 0.6) is 0 Å². The lowest BCUT2D eigenvalue weighted by Gasteiger charge is -2.37. The summed E-state index contributed by atoms with van der Waals surface area (Å²) in [6.07, 6.45) is 7.09. The van der Waals surface area contributed by atoms with Crippen molar-refractivity contribution >= 4 is 50.9 Å². The fraction of sp³-hybridized carbons (Fsp3) is 0.125. The van der Waals surface area contributed by atoms with E-state index in [4.69, 9.17) is 0 Å². The van der Waals surface area contributed by atoms with Gasteiger partial charge < -0.3 is 10.2 Å². The fourth-order valence-corrected chi connectivity index (χ4v) is 6.86. The van der Waals surface area contributed by atoms with E-state index in [1.54, 1.807) is 30.5 Å². The maximum Gasteiger partial charge on any atom is 0.238 e. The topological polar surface area (TPSA) is 79.4 Å². The highest BCUT2D eigenvalue weighted by molar-refractivity contribution is 9.10. The van der Waals surface area contributed by atoms with Crippen molar-refractivity contribution in [3.05, 3.63) is 130 Å². The van der Waals surface area contributed by atoms with Crippen molar-refractivity contribution in [1.29, 1.82) is 0 Å². The molecule has 4 atom stereocenters. The normalized spacial score (nSPS) is 24.2. The maximum atomic E-state index is 14.7. The Balaban J connectivity index is 1.54. The van der Waals surface area contributed by atoms with Gasteiger partial charge in [0.05, 0.1) is 12.0 Å². The Bertz CT molecular complexity index is 1680. The van der Waals surface area contributed by atoms with Gasteiger partial charge in [-0.15, -0.1) is 0 Å². The largest absolute Gasteiger partial charge is 0.352 e. The van der Waals surface area contributed by atoms with Crippen molar-refractivity contribution in [3.8, 4) is 0 Å². The Labute approximate surface area is 233 Å². The molecule has 1 spiro atoms. The molecule has 1 N–H and O–H groups in total. The summed E-state index contributed by atoms with van der Waals surface area (Å²) in [7, 11) is 0. The summed E-state index contributed by atoms with van der Waals surface area (Å²) < 4.78 is 0.845. The minimum Gasteiger partial charge on any atom is -0.352 e. The van der Waals surface area contributed by atoms with Crippen LogP contribution in [0.15, 0.2) is 108 Å². The molecule has 4 heterocycles. The predicted molar refractivity (Wildman–Crippen MR) is 153 cm³/mol. The van der Waals surface area contributed by atoms with Crippen molar-refractivity contribution in [1.82, 2.24) is 4.98 Å². The quantitative estimate of drug-likeness (QED) is 0.316. The smallest absolute Gasteiger partial charge is 0.238 e. The molecule has 3 aliphatic rings. The molecule has 6 nitrogen and oxygen atoms in total. The molecule has 190 valence electrons. The zero-order valence-electron chi connectivity index (χ0n) is 20.6. The number of aromatic nitrogens is 1. The highest BCUT2D eigenvalue weighted by Crippen LogP contribution is 2.58. The molecule has 1 amide bonds. The molecule has 0 bridgehead atoms. The van der Waals surface area contributed by atoms with Gasteiger partial charge in [0, 0.05) is 39.4 Å². The maximum absolute atomic E-state index is 14.7. The van der Waals surface area contributed by atoms with Crippen molar-refractivity contribution in [2.24, 2.45) is 5.92 Å². The molecule has 3 aliphatic heterocycles. The van der Waals surface area contributed by atoms with Gasteiger partial charge in [0.2, 0.25) is 5.91 Å². The molecule has 0 radical (unpaired) electrons. The molecule has 1 saturated heterocycles. The van der Waals surface area contributed by atoms with E-state index in [2.05, 4.69) is 26.2 Å². The number of hydrogen-bond donors (Lipinski definition) is 1. The molecule has 7 heteroatoms. The molecule has 0 aliphatic carbocycles. The van der Waals surface area contributed by atoms with E-state index < -0.39 is 23.4 Å². The third kappa shape index (κ3) is 3.32. The Morgan fingerprint density at radius 1 is 0.872 bits per heavy atom. The molecule has 7 rings (SSSR count). The molecule has 1 fully saturated rings. The molecular weight excluding hydrogens is 554 g/mol. The number of para-hydroxylation sites is 2. The zero-order valence-corrected chi connectivity index (χ0v) is 22.2. The first kappa shape index (κ1) is 23.7. The average molecular weight is 576 g/mol. The Morgan fingerprint density at radius 2 is 1.64 bits per heavy atom. The van der Waals surface area contributed by atoms with Crippen LogP contribution in [0, 0.1) is 5.92 Å². The van der Waals surface area contributed by atoms with E-state index in [1.807, 2.05) is 77.7 Å². The molecule has 1 aromatic heterocycles. The predicted octanol–water partition coefficient (Wildman–Crippen LogP) is 5.70. The number of hydrogen-bond acceptors (Lipinski definition) is 5. The van der Waals surface area contributed by atoms with Crippen LogP contribution in [0.2, 0.25) is 0 Å². The van der Waals surface area contributed by atoms with Gasteiger partial charge in [-0.05, 0) is 47.5 Å². The van der Waals surface area contributed by atoms with Gasteiger partial charge >= 0.3 is 0 Å². The second-order valence-corrected chi connectivity index (χ2v) is 11.0. The zero-order chi connectivity index (χ0) is 26.7. The monoisotopic (exact) mass is 575 g/mol. The lowest BCUT2D eigenvalue weighted by atomic mass is 9.63. The second kappa shape index (κ2) is 8.85. The second-order valence-electron chi connectivity index (χ2n) is 10.0. The van der Waals surface area contributed by atoms with Gasteiger partial charge in [-0.3, -0.25) is 19.4 Å². The molecule has 0 saturated carbocycles. The van der Waals surface area contributed by atoms with Crippen LogP contribution < -0.4 is 10.2 Å². The molecule has 3 aromatic carbocycles. The van der Waals surface area contributed by atoms with Crippen molar-refractivity contribution in [3.63, 3.8) is 0 Å². The number of benzene rings is 3. The lowest BCUT2D eigenvalue weighted by molar-refractivity contribution is -0.121. The number of nitrogens with one attached hydrogen (secondary N) is 1. The van der Waals surface area contributed by atoms with Gasteiger partial charge in [-0.2, -0.15) is 0 Å². The summed E-state index contributed by atoms with van der Waals surface area (Å²) in [6.45, 7) is 0. The first-order chi connectivity index (χ1) is 19.0. The van der Waals surface area contributed by atoms with E-state index in [9.17, 15) is 14.4 Å². The first-order valence-corrected chi connectivity index (χ1v) is 13.5. The van der Waals surface area contributed by atoms with Crippen LogP contribution in [0.3, 0.4) is 0 Å². The number of fused-ring (bicyclic) bond motifs is 5. The summed E-state index contributed by atoms with van der Waals surface area (Å²) in [4.78, 5) is 49.7. The summed E-state index contributed by atoms with van der Waals surface area (Å²) in [5.41, 5.74) is 2.44. The van der Waals surface area contributed by atoms with Gasteiger partial charge in [-0.1, -0.05) is 76.6 Å². The number of ketones is 2. The minimum atomic E-state index is -1.47. The number of anilines is 2. The highest BCUT2D eigenvalue weighted by Gasteiger charge is 2.70. The minimum absolute atomic E-state index is 0.217. The van der Waals surface area contributed by atoms with E-state index >= 15 is 0 Å². The number of carbonyl (C=O) groups is 3. The SMILES string of the molecule is O=C(c1ccc(Br)cc1)[C@@H]1N2c3ccccc3C=C[C@@H]2[C@H](C(=O)c2cccnc2)[C@]12C(=O)Nc1ccccc12. The molecule has 39 heavy (non-hydrogen) atoms. The number of amides is 1. The number of halogens is 1. The average Bonchev–Trinajstić information content (AvgIpc) is 3.45. The molecule has 4 aromatic rings. The Hall–Kier alpha value is -4.36. The third-order valence-corrected chi connectivity index (χ3v) is 8.68. The van der Waals surface area contributed by atoms with E-state index in [0.717, 1.165) is 15.7 Å². The first-order valence-electron chi connectivity index (χ1n) is 12.7. The molecule has 0 unspecified atom stereocenters. The standard InChI is InChI=1S/C32H22BrN3O3/c33-22-14-11-20(12-15-22)29(38)30-32(23-8-2-3-9-24(23)35-31(32)39)27(28(37)21-7-5-17-34-18-21)26-16-13-19-6-1-4-10-25(19)36(26)30/h1-18,26-27,30H,(H,35,39)/t26-,27-,30+,32+/m1/s1. The van der Waals surface area contributed by atoms with E-state index in [1.165, 1.54) is 6.20 Å². The van der Waals surface area contributed by atoms with Crippen molar-refractivity contribution < 1.29 is 14.4 Å². The van der Waals surface area contributed by atoms with Crippen molar-refractivity contribution in [2.75, 3.05) is 10.2 Å². The Morgan fingerprint density at radius 3 is 2.44 bits per heavy atom. The summed E-state index contributed by atoms with van der Waals surface area (Å²) in [6, 6.07) is 24.3. The summed E-state index contributed by atoms with van der Waals surface area (Å²) >= 11 is 3.45. The summed E-state index contributed by atoms with van der Waals surface area (Å²) in [5, 5.41) is 3.03. The van der Waals surface area contributed by atoms with Crippen LogP contribution in [0.25, 0.3) is 6.08 Å².